The SMILES string of the molecule is CC(NCC(C)(C)CCC#N)C(=O)O. The first-order valence-electron chi connectivity index (χ1n) is 4.72. The normalized spacial score (nSPS) is 13.3. The second-order valence-electron chi connectivity index (χ2n) is 4.26. The number of carboxylic acid groups (broad SMARTS) is 1. The maximum absolute atomic E-state index is 10.5. The lowest BCUT2D eigenvalue weighted by Gasteiger charge is -2.25. The number of nitrogens with one attached hydrogen (secondary N) is 1. The van der Waals surface area contributed by atoms with Crippen molar-refractivity contribution in [1.82, 2.24) is 5.32 Å². The zero-order valence-corrected chi connectivity index (χ0v) is 9.00. The van der Waals surface area contributed by atoms with Crippen LogP contribution in [0.2, 0.25) is 0 Å². The molecule has 1 atom stereocenters. The van der Waals surface area contributed by atoms with Crippen molar-refractivity contribution in [2.24, 2.45) is 5.41 Å². The van der Waals surface area contributed by atoms with Crippen molar-refractivity contribution in [3.8, 4) is 6.07 Å². The van der Waals surface area contributed by atoms with Crippen LogP contribution in [0.1, 0.15) is 33.6 Å². The summed E-state index contributed by atoms with van der Waals surface area (Å²) in [5, 5.41) is 20.0. The van der Waals surface area contributed by atoms with E-state index >= 15 is 0 Å². The standard InChI is InChI=1S/C10H18N2O2/c1-8(9(13)14)12-7-10(2,3)5-4-6-11/h8,12H,4-5,7H2,1-3H3,(H,13,14). The molecule has 0 aliphatic heterocycles. The van der Waals surface area contributed by atoms with Gasteiger partial charge in [0.05, 0.1) is 6.07 Å². The molecule has 14 heavy (non-hydrogen) atoms. The molecule has 0 saturated carbocycles. The number of rotatable bonds is 6. The van der Waals surface area contributed by atoms with E-state index in [9.17, 15) is 4.79 Å². The number of nitrogens with zero attached hydrogens (tertiary/aromatic N) is 1. The molecule has 0 bridgehead atoms. The Balaban J connectivity index is 3.87. The van der Waals surface area contributed by atoms with Gasteiger partial charge in [-0.05, 0) is 18.8 Å². The molecule has 4 heteroatoms. The molecular formula is C10H18N2O2. The fourth-order valence-electron chi connectivity index (χ4n) is 0.999. The van der Waals surface area contributed by atoms with Crippen LogP contribution in [0.15, 0.2) is 0 Å². The van der Waals surface area contributed by atoms with Crippen molar-refractivity contribution in [2.75, 3.05) is 6.54 Å². The van der Waals surface area contributed by atoms with Gasteiger partial charge in [0.2, 0.25) is 0 Å². The average Bonchev–Trinajstić information content (AvgIpc) is 2.11. The van der Waals surface area contributed by atoms with Crippen LogP contribution in [-0.4, -0.2) is 23.7 Å². The molecule has 0 heterocycles. The Morgan fingerprint density at radius 1 is 1.64 bits per heavy atom. The van der Waals surface area contributed by atoms with E-state index < -0.39 is 12.0 Å². The van der Waals surface area contributed by atoms with Crippen LogP contribution >= 0.6 is 0 Å². The monoisotopic (exact) mass is 198 g/mol. The van der Waals surface area contributed by atoms with Crippen molar-refractivity contribution < 1.29 is 9.90 Å². The zero-order valence-electron chi connectivity index (χ0n) is 9.00. The molecule has 0 fully saturated rings. The van der Waals surface area contributed by atoms with Gasteiger partial charge in [0.15, 0.2) is 0 Å². The van der Waals surface area contributed by atoms with Gasteiger partial charge in [-0.3, -0.25) is 4.79 Å². The summed E-state index contributed by atoms with van der Waals surface area (Å²) < 4.78 is 0. The minimum Gasteiger partial charge on any atom is -0.480 e. The lowest BCUT2D eigenvalue weighted by atomic mass is 9.88. The van der Waals surface area contributed by atoms with Crippen molar-refractivity contribution >= 4 is 5.97 Å². The highest BCUT2D eigenvalue weighted by atomic mass is 16.4. The van der Waals surface area contributed by atoms with Crippen molar-refractivity contribution in [2.45, 2.75) is 39.7 Å². The maximum Gasteiger partial charge on any atom is 0.320 e. The van der Waals surface area contributed by atoms with Crippen LogP contribution in [0.5, 0.6) is 0 Å². The number of hydrogen-bond donors (Lipinski definition) is 2. The molecule has 80 valence electrons. The van der Waals surface area contributed by atoms with Crippen LogP contribution in [0, 0.1) is 16.7 Å². The van der Waals surface area contributed by atoms with E-state index in [1.54, 1.807) is 6.92 Å². The third-order valence-corrected chi connectivity index (χ3v) is 2.17. The molecule has 0 aliphatic carbocycles. The molecule has 2 N–H and O–H groups in total. The van der Waals surface area contributed by atoms with E-state index in [1.165, 1.54) is 0 Å². The Labute approximate surface area is 84.9 Å². The predicted octanol–water partition coefficient (Wildman–Crippen LogP) is 1.38. The molecule has 0 aromatic rings. The molecule has 0 aromatic heterocycles. The number of carbonyl (C=O) groups is 1. The first-order chi connectivity index (χ1) is 6.39. The van der Waals surface area contributed by atoms with Crippen LogP contribution in [0.4, 0.5) is 0 Å². The summed E-state index contributed by atoms with van der Waals surface area (Å²) in [6.45, 7) is 6.27. The Morgan fingerprint density at radius 3 is 2.64 bits per heavy atom. The lowest BCUT2D eigenvalue weighted by Crippen LogP contribution is -2.39. The van der Waals surface area contributed by atoms with Gasteiger partial charge in [-0.1, -0.05) is 13.8 Å². The smallest absolute Gasteiger partial charge is 0.320 e. The summed E-state index contributed by atoms with van der Waals surface area (Å²) in [7, 11) is 0. The highest BCUT2D eigenvalue weighted by Gasteiger charge is 2.19. The molecular weight excluding hydrogens is 180 g/mol. The van der Waals surface area contributed by atoms with E-state index in [-0.39, 0.29) is 5.41 Å². The van der Waals surface area contributed by atoms with Crippen LogP contribution in [-0.2, 0) is 4.79 Å². The van der Waals surface area contributed by atoms with Gasteiger partial charge in [0.25, 0.3) is 0 Å². The van der Waals surface area contributed by atoms with Gasteiger partial charge >= 0.3 is 5.97 Å². The molecule has 0 rings (SSSR count). The van der Waals surface area contributed by atoms with Crippen molar-refractivity contribution in [3.63, 3.8) is 0 Å². The second-order valence-corrected chi connectivity index (χ2v) is 4.26. The summed E-state index contributed by atoms with van der Waals surface area (Å²) in [6, 6.07) is 1.56. The lowest BCUT2D eigenvalue weighted by molar-refractivity contribution is -0.139. The van der Waals surface area contributed by atoms with Crippen LogP contribution in [0.25, 0.3) is 0 Å². The van der Waals surface area contributed by atoms with Crippen LogP contribution in [0.3, 0.4) is 0 Å². The van der Waals surface area contributed by atoms with Gasteiger partial charge in [-0.25, -0.2) is 0 Å². The molecule has 0 aromatic carbocycles. The number of hydrogen-bond acceptors (Lipinski definition) is 3. The Bertz CT molecular complexity index is 231. The first-order valence-corrected chi connectivity index (χ1v) is 4.72. The van der Waals surface area contributed by atoms with Crippen molar-refractivity contribution in [1.29, 1.82) is 5.26 Å². The molecule has 4 nitrogen and oxygen atoms in total. The summed E-state index contributed by atoms with van der Waals surface area (Å²) in [4.78, 5) is 10.5. The molecule has 0 aliphatic rings. The highest BCUT2D eigenvalue weighted by molar-refractivity contribution is 5.72. The molecule has 0 saturated heterocycles. The fraction of sp³-hybridized carbons (Fsp3) is 0.800. The van der Waals surface area contributed by atoms with E-state index in [1.807, 2.05) is 13.8 Å². The Morgan fingerprint density at radius 2 is 2.21 bits per heavy atom. The predicted molar refractivity (Wildman–Crippen MR) is 53.7 cm³/mol. The van der Waals surface area contributed by atoms with E-state index in [0.29, 0.717) is 13.0 Å². The Kier molecular flexibility index (Phi) is 5.18. The van der Waals surface area contributed by atoms with E-state index in [4.69, 9.17) is 10.4 Å². The summed E-state index contributed by atoms with van der Waals surface area (Å²) >= 11 is 0. The topological polar surface area (TPSA) is 73.1 Å². The quantitative estimate of drug-likeness (QED) is 0.676. The minimum atomic E-state index is -0.846. The van der Waals surface area contributed by atoms with Gasteiger partial charge in [-0.2, -0.15) is 5.26 Å². The Hall–Kier alpha value is -1.08. The number of aliphatic carboxylic acids is 1. The second kappa shape index (κ2) is 5.61. The molecule has 1 unspecified atom stereocenters. The summed E-state index contributed by atoms with van der Waals surface area (Å²) in [5.41, 5.74) is -0.0283. The van der Waals surface area contributed by atoms with Crippen LogP contribution < -0.4 is 5.32 Å². The zero-order chi connectivity index (χ0) is 11.2. The number of nitriles is 1. The van der Waals surface area contributed by atoms with Gasteiger partial charge in [0.1, 0.15) is 6.04 Å². The van der Waals surface area contributed by atoms with E-state index in [2.05, 4.69) is 11.4 Å². The summed E-state index contributed by atoms with van der Waals surface area (Å²) in [5.74, 6) is -0.846. The van der Waals surface area contributed by atoms with Crippen molar-refractivity contribution in [3.05, 3.63) is 0 Å². The molecule has 0 radical (unpaired) electrons. The average molecular weight is 198 g/mol. The largest absolute Gasteiger partial charge is 0.480 e. The first kappa shape index (κ1) is 12.9. The third-order valence-electron chi connectivity index (χ3n) is 2.17. The van der Waals surface area contributed by atoms with Gasteiger partial charge in [-0.15, -0.1) is 0 Å². The molecule has 0 amide bonds. The van der Waals surface area contributed by atoms with Gasteiger partial charge < -0.3 is 10.4 Å². The summed E-state index contributed by atoms with van der Waals surface area (Å²) in [6.07, 6.45) is 1.29. The highest BCUT2D eigenvalue weighted by Crippen LogP contribution is 2.20. The maximum atomic E-state index is 10.5. The minimum absolute atomic E-state index is 0.0283. The fourth-order valence-corrected chi connectivity index (χ4v) is 0.999. The number of carboxylic acids is 1. The van der Waals surface area contributed by atoms with Gasteiger partial charge in [0, 0.05) is 13.0 Å². The molecule has 0 spiro atoms. The van der Waals surface area contributed by atoms with E-state index in [0.717, 1.165) is 6.42 Å². The third kappa shape index (κ3) is 5.55.